The van der Waals surface area contributed by atoms with E-state index >= 15 is 0 Å². The van der Waals surface area contributed by atoms with Crippen molar-refractivity contribution >= 4 is 28.7 Å². The van der Waals surface area contributed by atoms with Crippen molar-refractivity contribution in [2.45, 2.75) is 6.04 Å². The van der Waals surface area contributed by atoms with Crippen LogP contribution in [0.5, 0.6) is 0 Å². The highest BCUT2D eigenvalue weighted by Gasteiger charge is 2.22. The molecule has 1 heterocycles. The fraction of sp³-hybridized carbons (Fsp3) is 0.0588. The van der Waals surface area contributed by atoms with E-state index in [2.05, 4.69) is 10.3 Å². The van der Waals surface area contributed by atoms with Crippen LogP contribution in [0, 0.1) is 5.82 Å². The Morgan fingerprint density at radius 1 is 1.14 bits per heavy atom. The maximum absolute atomic E-state index is 12.9. The van der Waals surface area contributed by atoms with Gasteiger partial charge in [0.15, 0.2) is 5.78 Å². The zero-order chi connectivity index (χ0) is 15.5. The van der Waals surface area contributed by atoms with E-state index in [1.807, 2.05) is 24.3 Å². The number of aromatic nitrogens is 1. The summed E-state index contributed by atoms with van der Waals surface area (Å²) in [6.45, 7) is 0. The van der Waals surface area contributed by atoms with Crippen LogP contribution >= 0.6 is 0 Å². The lowest BCUT2D eigenvalue weighted by atomic mass is 10.0. The van der Waals surface area contributed by atoms with Gasteiger partial charge in [-0.1, -0.05) is 18.2 Å². The lowest BCUT2D eigenvalue weighted by Crippen LogP contribution is -2.31. The predicted molar refractivity (Wildman–Crippen MR) is 82.5 cm³/mol. The number of carbonyl (C=O) groups excluding carboxylic acids is 2. The van der Waals surface area contributed by atoms with Crippen molar-refractivity contribution in [2.75, 3.05) is 5.32 Å². The summed E-state index contributed by atoms with van der Waals surface area (Å²) in [5, 5.41) is 3.57. The van der Waals surface area contributed by atoms with Crippen LogP contribution < -0.4 is 5.32 Å². The lowest BCUT2D eigenvalue weighted by Gasteiger charge is -2.12. The molecule has 1 aromatic heterocycles. The van der Waals surface area contributed by atoms with Gasteiger partial charge in [-0.25, -0.2) is 4.39 Å². The maximum Gasteiger partial charge on any atom is 0.194 e. The predicted octanol–water partition coefficient (Wildman–Crippen LogP) is 3.17. The minimum atomic E-state index is -1.02. The van der Waals surface area contributed by atoms with Crippen molar-refractivity contribution in [1.82, 2.24) is 4.98 Å². The molecule has 0 fully saturated rings. The van der Waals surface area contributed by atoms with Crippen molar-refractivity contribution < 1.29 is 14.0 Å². The number of aldehydes is 1. The average Bonchev–Trinajstić information content (AvgIpc) is 2.98. The van der Waals surface area contributed by atoms with Crippen molar-refractivity contribution in [3.05, 3.63) is 66.1 Å². The van der Waals surface area contributed by atoms with E-state index in [9.17, 15) is 14.0 Å². The largest absolute Gasteiger partial charge is 0.369 e. The number of halogens is 1. The quantitative estimate of drug-likeness (QED) is 0.432. The second-order valence-corrected chi connectivity index (χ2v) is 4.88. The van der Waals surface area contributed by atoms with E-state index in [0.717, 1.165) is 10.9 Å². The van der Waals surface area contributed by atoms with Gasteiger partial charge in [0.2, 0.25) is 0 Å². The van der Waals surface area contributed by atoms with Gasteiger partial charge >= 0.3 is 0 Å². The molecule has 1 atom stereocenters. The number of rotatable bonds is 5. The summed E-state index contributed by atoms with van der Waals surface area (Å²) in [5.74, 6) is -0.715. The third kappa shape index (κ3) is 2.61. The Kier molecular flexibility index (Phi) is 3.70. The molecule has 4 nitrogen and oxygen atoms in total. The molecule has 110 valence electrons. The Labute approximate surface area is 126 Å². The molecule has 22 heavy (non-hydrogen) atoms. The van der Waals surface area contributed by atoms with Crippen LogP contribution in [0.4, 0.5) is 10.1 Å². The van der Waals surface area contributed by atoms with E-state index in [1.165, 1.54) is 24.3 Å². The van der Waals surface area contributed by atoms with Crippen LogP contribution in [-0.2, 0) is 4.79 Å². The molecule has 5 heteroatoms. The SMILES string of the molecule is O=CC(Nc1ccc(F)cc1)C(=O)c1c[nH]c2ccccc12. The lowest BCUT2D eigenvalue weighted by molar-refractivity contribution is -0.107. The van der Waals surface area contributed by atoms with Crippen LogP contribution in [0.1, 0.15) is 10.4 Å². The molecule has 0 radical (unpaired) electrons. The van der Waals surface area contributed by atoms with Gasteiger partial charge in [0.25, 0.3) is 0 Å². The van der Waals surface area contributed by atoms with Gasteiger partial charge < -0.3 is 15.1 Å². The van der Waals surface area contributed by atoms with Crippen LogP contribution in [0.2, 0.25) is 0 Å². The number of hydrogen-bond acceptors (Lipinski definition) is 3. The topological polar surface area (TPSA) is 62.0 Å². The fourth-order valence-electron chi connectivity index (χ4n) is 2.33. The number of anilines is 1. The minimum Gasteiger partial charge on any atom is -0.369 e. The fourth-order valence-corrected chi connectivity index (χ4v) is 2.33. The normalized spacial score (nSPS) is 12.0. The molecular weight excluding hydrogens is 283 g/mol. The molecule has 2 N–H and O–H groups in total. The van der Waals surface area contributed by atoms with Gasteiger partial charge in [0.1, 0.15) is 18.1 Å². The van der Waals surface area contributed by atoms with E-state index in [-0.39, 0.29) is 11.6 Å². The molecule has 2 aromatic carbocycles. The summed E-state index contributed by atoms with van der Waals surface area (Å²) >= 11 is 0. The van der Waals surface area contributed by atoms with Gasteiger partial charge in [-0.3, -0.25) is 4.79 Å². The van der Waals surface area contributed by atoms with Crippen LogP contribution in [0.15, 0.2) is 54.7 Å². The zero-order valence-electron chi connectivity index (χ0n) is 11.5. The molecule has 0 amide bonds. The first kappa shape index (κ1) is 14.0. The molecule has 1 unspecified atom stereocenters. The average molecular weight is 296 g/mol. The van der Waals surface area contributed by atoms with Gasteiger partial charge in [-0.2, -0.15) is 0 Å². The standard InChI is InChI=1S/C17H13FN2O2/c18-11-5-7-12(8-6-11)20-16(10-21)17(22)14-9-19-15-4-2-1-3-13(14)15/h1-10,16,19-20H. The maximum atomic E-state index is 12.9. The number of benzene rings is 2. The van der Waals surface area contributed by atoms with Crippen LogP contribution in [0.25, 0.3) is 10.9 Å². The molecule has 0 aliphatic carbocycles. The molecule has 0 aliphatic heterocycles. The number of fused-ring (bicyclic) bond motifs is 1. The molecule has 0 bridgehead atoms. The monoisotopic (exact) mass is 296 g/mol. The molecule has 3 aromatic rings. The van der Waals surface area contributed by atoms with Crippen LogP contribution in [-0.4, -0.2) is 23.1 Å². The van der Waals surface area contributed by atoms with E-state index < -0.39 is 6.04 Å². The first-order valence-electron chi connectivity index (χ1n) is 6.77. The first-order valence-corrected chi connectivity index (χ1v) is 6.77. The Bertz CT molecular complexity index is 824. The number of carbonyl (C=O) groups is 2. The second kappa shape index (κ2) is 5.81. The number of hydrogen-bond donors (Lipinski definition) is 2. The summed E-state index contributed by atoms with van der Waals surface area (Å²) in [6, 6.07) is 11.8. The number of aromatic amines is 1. The third-order valence-electron chi connectivity index (χ3n) is 3.44. The van der Waals surface area contributed by atoms with Gasteiger partial charge in [-0.15, -0.1) is 0 Å². The number of para-hydroxylation sites is 1. The van der Waals surface area contributed by atoms with Gasteiger partial charge in [0.05, 0.1) is 0 Å². The van der Waals surface area contributed by atoms with E-state index in [0.29, 0.717) is 17.5 Å². The number of Topliss-reactive ketones (excluding diaryl/α,β-unsaturated/α-hetero) is 1. The molecule has 0 saturated carbocycles. The molecule has 0 spiro atoms. The zero-order valence-corrected chi connectivity index (χ0v) is 11.5. The van der Waals surface area contributed by atoms with Crippen molar-refractivity contribution in [1.29, 1.82) is 0 Å². The highest BCUT2D eigenvalue weighted by Crippen LogP contribution is 2.20. The van der Waals surface area contributed by atoms with Crippen molar-refractivity contribution in [3.8, 4) is 0 Å². The summed E-state index contributed by atoms with van der Waals surface area (Å²) < 4.78 is 12.9. The summed E-state index contributed by atoms with van der Waals surface area (Å²) in [5.41, 5.74) is 1.78. The Balaban J connectivity index is 1.88. The van der Waals surface area contributed by atoms with Crippen LogP contribution in [0.3, 0.4) is 0 Å². The van der Waals surface area contributed by atoms with Gasteiger partial charge in [0, 0.05) is 28.4 Å². The third-order valence-corrected chi connectivity index (χ3v) is 3.44. The Morgan fingerprint density at radius 3 is 2.59 bits per heavy atom. The molecular formula is C17H13FN2O2. The Morgan fingerprint density at radius 2 is 1.86 bits per heavy atom. The second-order valence-electron chi connectivity index (χ2n) is 4.88. The first-order chi connectivity index (χ1) is 10.7. The van der Waals surface area contributed by atoms with E-state index in [1.54, 1.807) is 6.20 Å². The molecule has 3 rings (SSSR count). The smallest absolute Gasteiger partial charge is 0.194 e. The van der Waals surface area contributed by atoms with Crippen molar-refractivity contribution in [3.63, 3.8) is 0 Å². The Hall–Kier alpha value is -2.95. The summed E-state index contributed by atoms with van der Waals surface area (Å²) in [7, 11) is 0. The van der Waals surface area contributed by atoms with Crippen molar-refractivity contribution in [2.24, 2.45) is 0 Å². The number of H-pyrrole nitrogens is 1. The highest BCUT2D eigenvalue weighted by molar-refractivity contribution is 6.16. The van der Waals surface area contributed by atoms with E-state index in [4.69, 9.17) is 0 Å². The minimum absolute atomic E-state index is 0.336. The summed E-state index contributed by atoms with van der Waals surface area (Å²) in [4.78, 5) is 26.8. The number of ketones is 1. The van der Waals surface area contributed by atoms with Gasteiger partial charge in [-0.05, 0) is 30.3 Å². The summed E-state index contributed by atoms with van der Waals surface area (Å²) in [6.07, 6.45) is 2.14. The molecule has 0 saturated heterocycles. The highest BCUT2D eigenvalue weighted by atomic mass is 19.1. The number of nitrogens with one attached hydrogen (secondary N) is 2. The molecule has 0 aliphatic rings.